The third-order valence-corrected chi connectivity index (χ3v) is 6.47. The number of nitrogens with two attached hydrogens (primary N) is 1. The van der Waals surface area contributed by atoms with Crippen LogP contribution >= 0.6 is 0 Å². The summed E-state index contributed by atoms with van der Waals surface area (Å²) in [5.74, 6) is 0.100. The molecule has 1 aliphatic rings. The van der Waals surface area contributed by atoms with Crippen LogP contribution in [-0.4, -0.2) is 19.7 Å². The van der Waals surface area contributed by atoms with Gasteiger partial charge in [0.1, 0.15) is 0 Å². The lowest BCUT2D eigenvalue weighted by Crippen LogP contribution is -2.47. The number of sulfone groups is 1. The van der Waals surface area contributed by atoms with Gasteiger partial charge in [-0.1, -0.05) is 43.7 Å². The molecule has 0 saturated heterocycles. The zero-order valence-corrected chi connectivity index (χ0v) is 13.4. The predicted octanol–water partition coefficient (Wildman–Crippen LogP) is 2.82. The summed E-state index contributed by atoms with van der Waals surface area (Å²) in [6.45, 7) is 6.24. The fourth-order valence-corrected chi connectivity index (χ4v) is 5.31. The van der Waals surface area contributed by atoms with E-state index in [1.54, 1.807) is 0 Å². The lowest BCUT2D eigenvalue weighted by atomic mass is 9.75. The Bertz CT molecular complexity index is 578. The molecular formula is C16H25NO2S. The highest BCUT2D eigenvalue weighted by Crippen LogP contribution is 2.38. The number of rotatable bonds is 3. The van der Waals surface area contributed by atoms with Gasteiger partial charge in [-0.15, -0.1) is 0 Å². The van der Waals surface area contributed by atoms with E-state index in [9.17, 15) is 8.42 Å². The van der Waals surface area contributed by atoms with E-state index in [0.717, 1.165) is 24.0 Å². The zero-order chi connectivity index (χ0) is 15.0. The molecule has 3 nitrogen and oxygen atoms in total. The van der Waals surface area contributed by atoms with E-state index in [4.69, 9.17) is 5.73 Å². The average Bonchev–Trinajstić information content (AvgIpc) is 2.32. The Labute approximate surface area is 122 Å². The maximum Gasteiger partial charge on any atom is 0.158 e. The Kier molecular flexibility index (Phi) is 4.26. The third-order valence-electron chi connectivity index (χ3n) is 4.30. The molecule has 1 aliphatic carbocycles. The minimum absolute atomic E-state index is 0.0697. The molecule has 1 aromatic rings. The van der Waals surface area contributed by atoms with Crippen LogP contribution in [0.25, 0.3) is 0 Å². The van der Waals surface area contributed by atoms with Crippen LogP contribution in [0, 0.1) is 12.3 Å². The monoisotopic (exact) mass is 295 g/mol. The van der Waals surface area contributed by atoms with Crippen molar-refractivity contribution in [1.82, 2.24) is 0 Å². The van der Waals surface area contributed by atoms with E-state index in [2.05, 4.69) is 13.8 Å². The Balaban J connectivity index is 2.21. The van der Waals surface area contributed by atoms with Crippen molar-refractivity contribution in [1.29, 1.82) is 0 Å². The molecule has 2 N–H and O–H groups in total. The van der Waals surface area contributed by atoms with Gasteiger partial charge in [0.2, 0.25) is 0 Å². The van der Waals surface area contributed by atoms with Gasteiger partial charge in [0.25, 0.3) is 0 Å². The molecule has 0 bridgehead atoms. The second-order valence-corrected chi connectivity index (χ2v) is 9.13. The van der Waals surface area contributed by atoms with Crippen LogP contribution in [0.4, 0.5) is 0 Å². The molecule has 2 atom stereocenters. The first-order valence-electron chi connectivity index (χ1n) is 7.22. The number of hydrogen-bond acceptors (Lipinski definition) is 3. The fourth-order valence-electron chi connectivity index (χ4n) is 3.08. The van der Waals surface area contributed by atoms with Crippen molar-refractivity contribution < 1.29 is 8.42 Å². The summed E-state index contributed by atoms with van der Waals surface area (Å²) in [6.07, 6.45) is 2.47. The zero-order valence-electron chi connectivity index (χ0n) is 12.6. The molecule has 20 heavy (non-hydrogen) atoms. The minimum Gasteiger partial charge on any atom is -0.327 e. The topological polar surface area (TPSA) is 60.2 Å². The summed E-state index contributed by atoms with van der Waals surface area (Å²) in [7, 11) is -3.20. The molecule has 0 aromatic heterocycles. The van der Waals surface area contributed by atoms with E-state index < -0.39 is 15.1 Å². The normalized spacial score (nSPS) is 26.4. The van der Waals surface area contributed by atoms with Crippen LogP contribution in [0.15, 0.2) is 24.3 Å². The summed E-state index contributed by atoms with van der Waals surface area (Å²) in [5, 5.41) is -0.410. The van der Waals surface area contributed by atoms with Gasteiger partial charge in [0.15, 0.2) is 9.84 Å². The van der Waals surface area contributed by atoms with E-state index in [-0.39, 0.29) is 17.2 Å². The summed E-state index contributed by atoms with van der Waals surface area (Å²) in [4.78, 5) is 0. The molecule has 0 amide bonds. The van der Waals surface area contributed by atoms with Crippen LogP contribution in [-0.2, 0) is 15.6 Å². The SMILES string of the molecule is Cc1cccc(CS(=O)(=O)C2CC(C)(C)CCC2N)c1. The lowest BCUT2D eigenvalue weighted by molar-refractivity contribution is 0.227. The van der Waals surface area contributed by atoms with Gasteiger partial charge in [-0.05, 0) is 37.2 Å². The number of aryl methyl sites for hydroxylation is 1. The smallest absolute Gasteiger partial charge is 0.158 e. The standard InChI is InChI=1S/C16H25NO2S/c1-12-5-4-6-13(9-12)11-20(18,19)15-10-16(2,3)8-7-14(15)17/h4-6,9,14-15H,7-8,10-11,17H2,1-3H3. The van der Waals surface area contributed by atoms with Gasteiger partial charge in [0.05, 0.1) is 11.0 Å². The van der Waals surface area contributed by atoms with Gasteiger partial charge >= 0.3 is 0 Å². The van der Waals surface area contributed by atoms with Crippen molar-refractivity contribution in [3.05, 3.63) is 35.4 Å². The second kappa shape index (κ2) is 5.49. The van der Waals surface area contributed by atoms with Crippen LogP contribution in [0.1, 0.15) is 44.2 Å². The van der Waals surface area contributed by atoms with Crippen molar-refractivity contribution in [2.75, 3.05) is 0 Å². The second-order valence-electron chi connectivity index (χ2n) is 6.91. The molecule has 112 valence electrons. The van der Waals surface area contributed by atoms with Gasteiger partial charge in [-0.2, -0.15) is 0 Å². The summed E-state index contributed by atoms with van der Waals surface area (Å²) in [5.41, 5.74) is 8.11. The Morgan fingerprint density at radius 1 is 1.35 bits per heavy atom. The lowest BCUT2D eigenvalue weighted by Gasteiger charge is -2.38. The van der Waals surface area contributed by atoms with Crippen molar-refractivity contribution >= 4 is 9.84 Å². The molecule has 4 heteroatoms. The number of benzene rings is 1. The first-order chi connectivity index (χ1) is 9.20. The highest BCUT2D eigenvalue weighted by Gasteiger charge is 2.40. The molecule has 1 aromatic carbocycles. The first kappa shape index (κ1) is 15.5. The van der Waals surface area contributed by atoms with Crippen LogP contribution < -0.4 is 5.73 Å². The number of hydrogen-bond donors (Lipinski definition) is 1. The molecule has 1 saturated carbocycles. The van der Waals surface area contributed by atoms with Crippen LogP contribution in [0.5, 0.6) is 0 Å². The summed E-state index contributed by atoms with van der Waals surface area (Å²) in [6, 6.07) is 7.48. The van der Waals surface area contributed by atoms with E-state index in [1.165, 1.54) is 0 Å². The van der Waals surface area contributed by atoms with Gasteiger partial charge in [-0.3, -0.25) is 0 Å². The molecule has 0 radical (unpaired) electrons. The highest BCUT2D eigenvalue weighted by molar-refractivity contribution is 7.91. The summed E-state index contributed by atoms with van der Waals surface area (Å²) >= 11 is 0. The Hall–Kier alpha value is -0.870. The quantitative estimate of drug-likeness (QED) is 0.932. The Morgan fingerprint density at radius 2 is 2.05 bits per heavy atom. The van der Waals surface area contributed by atoms with Gasteiger partial charge in [0, 0.05) is 6.04 Å². The molecule has 0 spiro atoms. The molecule has 1 fully saturated rings. The minimum atomic E-state index is -3.20. The average molecular weight is 295 g/mol. The molecular weight excluding hydrogens is 270 g/mol. The van der Waals surface area contributed by atoms with Crippen molar-refractivity contribution in [3.63, 3.8) is 0 Å². The van der Waals surface area contributed by atoms with Crippen molar-refractivity contribution in [2.45, 2.75) is 57.1 Å². The molecule has 2 unspecified atom stereocenters. The van der Waals surface area contributed by atoms with E-state index in [1.807, 2.05) is 31.2 Å². The predicted molar refractivity (Wildman–Crippen MR) is 83.2 cm³/mol. The van der Waals surface area contributed by atoms with Gasteiger partial charge < -0.3 is 5.73 Å². The maximum atomic E-state index is 12.7. The highest BCUT2D eigenvalue weighted by atomic mass is 32.2. The molecule has 0 aliphatic heterocycles. The first-order valence-corrected chi connectivity index (χ1v) is 8.94. The van der Waals surface area contributed by atoms with E-state index >= 15 is 0 Å². The molecule has 2 rings (SSSR count). The molecule has 0 heterocycles. The summed E-state index contributed by atoms with van der Waals surface area (Å²) < 4.78 is 25.4. The largest absolute Gasteiger partial charge is 0.327 e. The fraction of sp³-hybridized carbons (Fsp3) is 0.625. The van der Waals surface area contributed by atoms with Gasteiger partial charge in [-0.25, -0.2) is 8.42 Å². The van der Waals surface area contributed by atoms with Crippen LogP contribution in [0.2, 0.25) is 0 Å². The third kappa shape index (κ3) is 3.61. The van der Waals surface area contributed by atoms with E-state index in [0.29, 0.717) is 6.42 Å². The maximum absolute atomic E-state index is 12.7. The van der Waals surface area contributed by atoms with Crippen molar-refractivity contribution in [2.24, 2.45) is 11.1 Å². The van der Waals surface area contributed by atoms with Crippen molar-refractivity contribution in [3.8, 4) is 0 Å². The van der Waals surface area contributed by atoms with Crippen LogP contribution in [0.3, 0.4) is 0 Å². The Morgan fingerprint density at radius 3 is 2.70 bits per heavy atom.